The number of rotatable bonds is 3. The lowest BCUT2D eigenvalue weighted by Crippen LogP contribution is -2.25. The molecular weight excluding hydrogens is 356 g/mol. The van der Waals surface area contributed by atoms with Crippen LogP contribution in [-0.2, 0) is 6.54 Å². The molecule has 28 heavy (non-hydrogen) atoms. The molecule has 6 heteroatoms. The topological polar surface area (TPSA) is 87.9 Å². The van der Waals surface area contributed by atoms with E-state index in [1.54, 1.807) is 18.3 Å². The number of carbonyl (C=O) groups is 2. The Hall–Kier alpha value is -3.41. The van der Waals surface area contributed by atoms with Gasteiger partial charge in [0.2, 0.25) is 0 Å². The summed E-state index contributed by atoms with van der Waals surface area (Å²) in [5.74, 6) is -1.20. The summed E-state index contributed by atoms with van der Waals surface area (Å²) in [6.45, 7) is 2.40. The molecule has 3 aromatic rings. The number of nitrogens with zero attached hydrogens (tertiary/aromatic N) is 1. The van der Waals surface area contributed by atoms with Crippen LogP contribution in [0.25, 0.3) is 16.6 Å². The summed E-state index contributed by atoms with van der Waals surface area (Å²) in [5, 5.41) is 12.7. The van der Waals surface area contributed by atoms with Crippen molar-refractivity contribution in [1.29, 1.82) is 0 Å². The van der Waals surface area contributed by atoms with Crippen LogP contribution in [0.2, 0.25) is 0 Å². The highest BCUT2D eigenvalue weighted by Gasteiger charge is 2.34. The van der Waals surface area contributed by atoms with E-state index >= 15 is 0 Å². The van der Waals surface area contributed by atoms with E-state index in [0.29, 0.717) is 23.2 Å². The highest BCUT2D eigenvalue weighted by Crippen LogP contribution is 2.47. The van der Waals surface area contributed by atoms with Crippen molar-refractivity contribution in [3.63, 3.8) is 0 Å². The number of aromatic carboxylic acids is 1. The van der Waals surface area contributed by atoms with E-state index in [0.717, 1.165) is 35.0 Å². The van der Waals surface area contributed by atoms with Gasteiger partial charge in [0.1, 0.15) is 5.56 Å². The molecule has 5 rings (SSSR count). The fourth-order valence-electron chi connectivity index (χ4n) is 4.24. The molecule has 0 unspecified atom stereocenters. The van der Waals surface area contributed by atoms with Crippen molar-refractivity contribution in [2.45, 2.75) is 32.2 Å². The van der Waals surface area contributed by atoms with Crippen molar-refractivity contribution in [3.05, 3.63) is 74.7 Å². The summed E-state index contributed by atoms with van der Waals surface area (Å²) < 4.78 is 1.45. The SMILES string of the molecule is Cc1cccn2c(=O)c(C(=O)O)c(-c3ccc4c(c3)C(=O)NC4)c(C3CC3)c12. The number of carboxylic acid groups (broad SMARTS) is 1. The van der Waals surface area contributed by atoms with Crippen molar-refractivity contribution < 1.29 is 14.7 Å². The highest BCUT2D eigenvalue weighted by molar-refractivity contribution is 6.02. The number of aromatic nitrogens is 1. The van der Waals surface area contributed by atoms with Gasteiger partial charge in [-0.1, -0.05) is 18.2 Å². The van der Waals surface area contributed by atoms with Gasteiger partial charge in [0.15, 0.2) is 0 Å². The monoisotopic (exact) mass is 374 g/mol. The Labute approximate surface area is 160 Å². The number of pyridine rings is 2. The lowest BCUT2D eigenvalue weighted by molar-refractivity contribution is 0.0695. The van der Waals surface area contributed by atoms with Crippen LogP contribution in [0.15, 0.2) is 41.3 Å². The summed E-state index contributed by atoms with van der Waals surface area (Å²) in [5.41, 5.74) is 4.31. The molecule has 0 radical (unpaired) electrons. The third kappa shape index (κ3) is 2.30. The van der Waals surface area contributed by atoms with Gasteiger partial charge in [-0.2, -0.15) is 0 Å². The third-order valence-corrected chi connectivity index (χ3v) is 5.68. The average Bonchev–Trinajstić information content (AvgIpc) is 3.45. The molecule has 6 nitrogen and oxygen atoms in total. The molecular formula is C22H18N2O4. The van der Waals surface area contributed by atoms with E-state index in [2.05, 4.69) is 5.32 Å². The minimum Gasteiger partial charge on any atom is -0.477 e. The van der Waals surface area contributed by atoms with E-state index in [4.69, 9.17) is 0 Å². The maximum absolute atomic E-state index is 13.1. The first-order chi connectivity index (χ1) is 13.5. The van der Waals surface area contributed by atoms with Crippen molar-refractivity contribution in [2.24, 2.45) is 0 Å². The van der Waals surface area contributed by atoms with Gasteiger partial charge in [0.05, 0.1) is 5.52 Å². The predicted octanol–water partition coefficient (Wildman–Crippen LogP) is 3.09. The molecule has 0 saturated heterocycles. The van der Waals surface area contributed by atoms with Gasteiger partial charge in [-0.3, -0.25) is 14.0 Å². The van der Waals surface area contributed by atoms with E-state index in [9.17, 15) is 19.5 Å². The van der Waals surface area contributed by atoms with E-state index in [1.807, 2.05) is 25.1 Å². The van der Waals surface area contributed by atoms with Crippen LogP contribution in [-0.4, -0.2) is 21.4 Å². The normalized spacial score (nSPS) is 15.5. The number of carbonyl (C=O) groups excluding carboxylic acids is 1. The van der Waals surface area contributed by atoms with Crippen molar-refractivity contribution >= 4 is 17.4 Å². The standard InChI is InChI=1S/C22H18N2O4/c1-11-3-2-8-24-19(11)17(12-4-5-12)16(18(21(24)26)22(27)28)13-6-7-14-10-23-20(25)15(14)9-13/h2-3,6-9,12H,4-5,10H2,1H3,(H,23,25)(H,27,28). The van der Waals surface area contributed by atoms with Gasteiger partial charge in [0.25, 0.3) is 11.5 Å². The molecule has 2 aromatic heterocycles. The van der Waals surface area contributed by atoms with Crippen LogP contribution in [0.4, 0.5) is 0 Å². The minimum absolute atomic E-state index is 0.171. The van der Waals surface area contributed by atoms with Crippen molar-refractivity contribution in [1.82, 2.24) is 9.72 Å². The molecule has 1 saturated carbocycles. The summed E-state index contributed by atoms with van der Waals surface area (Å²) >= 11 is 0. The maximum Gasteiger partial charge on any atom is 0.342 e. The number of benzene rings is 1. The quantitative estimate of drug-likeness (QED) is 0.737. The summed E-state index contributed by atoms with van der Waals surface area (Å²) in [6, 6.07) is 9.07. The lowest BCUT2D eigenvalue weighted by atomic mass is 9.89. The molecule has 0 bridgehead atoms. The second-order valence-electron chi connectivity index (χ2n) is 7.51. The summed E-state index contributed by atoms with van der Waals surface area (Å²) in [7, 11) is 0. The Morgan fingerprint density at radius 1 is 1.21 bits per heavy atom. The van der Waals surface area contributed by atoms with Crippen LogP contribution < -0.4 is 10.9 Å². The average molecular weight is 374 g/mol. The molecule has 2 aliphatic rings. The van der Waals surface area contributed by atoms with E-state index < -0.39 is 11.5 Å². The van der Waals surface area contributed by atoms with Crippen LogP contribution in [0.3, 0.4) is 0 Å². The zero-order chi connectivity index (χ0) is 19.6. The molecule has 1 aromatic carbocycles. The zero-order valence-electron chi connectivity index (χ0n) is 15.3. The molecule has 1 fully saturated rings. The molecule has 1 amide bonds. The molecule has 140 valence electrons. The third-order valence-electron chi connectivity index (χ3n) is 5.68. The number of amides is 1. The number of aryl methyl sites for hydroxylation is 1. The molecule has 0 atom stereocenters. The van der Waals surface area contributed by atoms with Crippen LogP contribution in [0, 0.1) is 6.92 Å². The Morgan fingerprint density at radius 2 is 2.00 bits per heavy atom. The second kappa shape index (κ2) is 5.79. The number of carboxylic acids is 1. The Morgan fingerprint density at radius 3 is 2.71 bits per heavy atom. The largest absolute Gasteiger partial charge is 0.477 e. The fraction of sp³-hybridized carbons (Fsp3) is 0.227. The molecule has 3 heterocycles. The number of hydrogen-bond acceptors (Lipinski definition) is 3. The fourth-order valence-corrected chi connectivity index (χ4v) is 4.24. The first kappa shape index (κ1) is 16.7. The zero-order valence-corrected chi connectivity index (χ0v) is 15.3. The number of hydrogen-bond donors (Lipinski definition) is 2. The lowest BCUT2D eigenvalue weighted by Gasteiger charge is -2.18. The highest BCUT2D eigenvalue weighted by atomic mass is 16.4. The van der Waals surface area contributed by atoms with Crippen molar-refractivity contribution in [2.75, 3.05) is 0 Å². The van der Waals surface area contributed by atoms with Gasteiger partial charge in [-0.05, 0) is 60.1 Å². The van der Waals surface area contributed by atoms with E-state index in [-0.39, 0.29) is 17.4 Å². The first-order valence-electron chi connectivity index (χ1n) is 9.30. The maximum atomic E-state index is 13.1. The molecule has 0 spiro atoms. The van der Waals surface area contributed by atoms with Crippen molar-refractivity contribution in [3.8, 4) is 11.1 Å². The van der Waals surface area contributed by atoms with Gasteiger partial charge in [-0.15, -0.1) is 0 Å². The minimum atomic E-state index is -1.25. The van der Waals surface area contributed by atoms with Crippen LogP contribution >= 0.6 is 0 Å². The Bertz CT molecular complexity index is 1250. The second-order valence-corrected chi connectivity index (χ2v) is 7.51. The van der Waals surface area contributed by atoms with Crippen LogP contribution in [0.1, 0.15) is 56.2 Å². The number of fused-ring (bicyclic) bond motifs is 2. The Kier molecular flexibility index (Phi) is 3.46. The summed E-state index contributed by atoms with van der Waals surface area (Å²) in [6.07, 6.45) is 3.54. The number of nitrogens with one attached hydrogen (secondary N) is 1. The van der Waals surface area contributed by atoms with Gasteiger partial charge < -0.3 is 10.4 Å². The predicted molar refractivity (Wildman–Crippen MR) is 104 cm³/mol. The molecule has 1 aliphatic heterocycles. The Balaban J connectivity index is 1.95. The smallest absolute Gasteiger partial charge is 0.342 e. The van der Waals surface area contributed by atoms with E-state index in [1.165, 1.54) is 4.40 Å². The van der Waals surface area contributed by atoms with Gasteiger partial charge >= 0.3 is 5.97 Å². The van der Waals surface area contributed by atoms with Gasteiger partial charge in [-0.25, -0.2) is 4.79 Å². The van der Waals surface area contributed by atoms with Crippen LogP contribution in [0.5, 0.6) is 0 Å². The molecule has 1 aliphatic carbocycles. The summed E-state index contributed by atoms with van der Waals surface area (Å²) in [4.78, 5) is 37.4. The first-order valence-corrected chi connectivity index (χ1v) is 9.30. The van der Waals surface area contributed by atoms with Gasteiger partial charge in [0, 0.05) is 23.9 Å². The molecule has 2 N–H and O–H groups in total.